The van der Waals surface area contributed by atoms with Crippen LogP contribution in [0.2, 0.25) is 10.0 Å². The zero-order chi connectivity index (χ0) is 27.8. The second kappa shape index (κ2) is 10.8. The Bertz CT molecular complexity index is 1600. The van der Waals surface area contributed by atoms with Gasteiger partial charge in [-0.15, -0.1) is 0 Å². The minimum atomic E-state index is -0.561. The number of nitrogens with zero attached hydrogens (tertiary/aromatic N) is 2. The topological polar surface area (TPSA) is 79.3 Å². The van der Waals surface area contributed by atoms with E-state index in [1.54, 1.807) is 6.07 Å². The molecule has 0 spiro atoms. The fourth-order valence-corrected chi connectivity index (χ4v) is 5.88. The van der Waals surface area contributed by atoms with Crippen molar-refractivity contribution in [3.8, 4) is 11.8 Å². The van der Waals surface area contributed by atoms with E-state index in [0.29, 0.717) is 52.2 Å². The van der Waals surface area contributed by atoms with Crippen molar-refractivity contribution in [2.45, 2.75) is 52.6 Å². The molecule has 3 aromatic carbocycles. The smallest absolute Gasteiger partial charge is 0.161 e. The summed E-state index contributed by atoms with van der Waals surface area (Å²) < 4.78 is 6.05. The molecule has 198 valence electrons. The van der Waals surface area contributed by atoms with Crippen molar-refractivity contribution in [2.24, 2.45) is 5.73 Å². The first-order chi connectivity index (χ1) is 18.7. The summed E-state index contributed by atoms with van der Waals surface area (Å²) in [4.78, 5) is 15.4. The van der Waals surface area contributed by atoms with Gasteiger partial charge in [0.15, 0.2) is 5.78 Å². The van der Waals surface area contributed by atoms with E-state index in [2.05, 4.69) is 12.1 Å². The zero-order valence-corrected chi connectivity index (χ0v) is 23.7. The Labute approximate surface area is 239 Å². The molecule has 0 radical (unpaired) electrons. The number of hydrogen-bond donors (Lipinski definition) is 1. The molecule has 1 aliphatic heterocycles. The Morgan fingerprint density at radius 3 is 2.49 bits per heavy atom. The van der Waals surface area contributed by atoms with Crippen LogP contribution in [0.25, 0.3) is 0 Å². The van der Waals surface area contributed by atoms with Crippen LogP contribution in [0.15, 0.2) is 77.3 Å². The van der Waals surface area contributed by atoms with Gasteiger partial charge in [-0.05, 0) is 85.7 Å². The number of aryl methyl sites for hydroxylation is 3. The molecule has 1 atom stereocenters. The molecule has 7 heteroatoms. The maximum absolute atomic E-state index is 13.6. The largest absolute Gasteiger partial charge is 0.487 e. The van der Waals surface area contributed by atoms with E-state index in [1.165, 1.54) is 0 Å². The van der Waals surface area contributed by atoms with Gasteiger partial charge in [-0.25, -0.2) is 0 Å². The number of ketones is 1. The third-order valence-corrected chi connectivity index (χ3v) is 8.30. The number of hydrogen-bond acceptors (Lipinski definition) is 5. The van der Waals surface area contributed by atoms with Gasteiger partial charge in [-0.3, -0.25) is 9.69 Å². The molecule has 5 nitrogen and oxygen atoms in total. The molecular weight excluding hydrogens is 529 g/mol. The summed E-state index contributed by atoms with van der Waals surface area (Å²) in [6.45, 7) is 6.26. The molecular formula is C32H29Cl2N3O2. The lowest BCUT2D eigenvalue weighted by molar-refractivity contribution is -0.116. The van der Waals surface area contributed by atoms with Crippen LogP contribution in [0.4, 0.5) is 5.69 Å². The summed E-state index contributed by atoms with van der Waals surface area (Å²) in [7, 11) is 0. The average molecular weight is 559 g/mol. The maximum atomic E-state index is 13.6. The Hall–Kier alpha value is -3.72. The Balaban J connectivity index is 1.64. The van der Waals surface area contributed by atoms with Crippen LogP contribution in [0.3, 0.4) is 0 Å². The molecule has 0 saturated carbocycles. The first kappa shape index (κ1) is 26.9. The number of nitriles is 1. The average Bonchev–Trinajstić information content (AvgIpc) is 2.90. The Morgan fingerprint density at radius 2 is 1.77 bits per heavy atom. The number of benzene rings is 3. The first-order valence-corrected chi connectivity index (χ1v) is 13.7. The number of allylic oxidation sites excluding steroid dienone is 3. The van der Waals surface area contributed by atoms with Gasteiger partial charge in [0, 0.05) is 28.4 Å². The van der Waals surface area contributed by atoms with Crippen molar-refractivity contribution >= 4 is 34.7 Å². The number of carbonyl (C=O) groups is 1. The second-order valence-electron chi connectivity index (χ2n) is 10.1. The van der Waals surface area contributed by atoms with Crippen LogP contribution in [-0.2, 0) is 11.4 Å². The van der Waals surface area contributed by atoms with Gasteiger partial charge >= 0.3 is 0 Å². The summed E-state index contributed by atoms with van der Waals surface area (Å²) in [5.74, 6) is 0.401. The van der Waals surface area contributed by atoms with Gasteiger partial charge < -0.3 is 10.5 Å². The van der Waals surface area contributed by atoms with Crippen molar-refractivity contribution in [3.05, 3.63) is 115 Å². The summed E-state index contributed by atoms with van der Waals surface area (Å²) in [6.07, 6.45) is 1.83. The van der Waals surface area contributed by atoms with Gasteiger partial charge in [-0.2, -0.15) is 5.26 Å². The lowest BCUT2D eigenvalue weighted by Gasteiger charge is -2.40. The molecule has 0 bridgehead atoms. The van der Waals surface area contributed by atoms with Crippen molar-refractivity contribution in [3.63, 3.8) is 0 Å². The van der Waals surface area contributed by atoms with E-state index in [0.717, 1.165) is 45.6 Å². The summed E-state index contributed by atoms with van der Waals surface area (Å²) in [6, 6.07) is 19.5. The predicted octanol–water partition coefficient (Wildman–Crippen LogP) is 7.80. The molecule has 5 rings (SSSR count). The van der Waals surface area contributed by atoms with Crippen LogP contribution >= 0.6 is 23.2 Å². The highest BCUT2D eigenvalue weighted by Crippen LogP contribution is 2.47. The van der Waals surface area contributed by atoms with E-state index in [1.807, 2.05) is 68.1 Å². The predicted molar refractivity (Wildman–Crippen MR) is 156 cm³/mol. The molecule has 39 heavy (non-hydrogen) atoms. The van der Waals surface area contributed by atoms with Gasteiger partial charge in [0.25, 0.3) is 0 Å². The third kappa shape index (κ3) is 4.91. The first-order valence-electron chi connectivity index (χ1n) is 12.9. The number of para-hydroxylation sites is 1. The SMILES string of the molecule is Cc1ccc(N2C(N)=C(C#N)C(c3cc(COc4ccccc4Cl)c(C)cc3C)C3=C2CCCC3=O)cc1Cl. The van der Waals surface area contributed by atoms with Gasteiger partial charge in [0.2, 0.25) is 0 Å². The van der Waals surface area contributed by atoms with Gasteiger partial charge in [-0.1, -0.05) is 53.5 Å². The van der Waals surface area contributed by atoms with Gasteiger partial charge in [0.1, 0.15) is 18.2 Å². The number of ether oxygens (including phenoxy) is 1. The van der Waals surface area contributed by atoms with Crippen molar-refractivity contribution in [1.29, 1.82) is 5.26 Å². The van der Waals surface area contributed by atoms with E-state index >= 15 is 0 Å². The maximum Gasteiger partial charge on any atom is 0.161 e. The van der Waals surface area contributed by atoms with E-state index in [4.69, 9.17) is 33.7 Å². The second-order valence-corrected chi connectivity index (χ2v) is 10.9. The number of halogens is 2. The standard InChI is InChI=1S/C32H29Cl2N3O2/c1-18-11-12-22(15-26(18)34)37-27-8-6-9-28(38)31(27)30(24(16-35)32(37)36)23-14-21(19(2)13-20(23)3)17-39-29-10-5-4-7-25(29)33/h4-5,7,10-15,30H,6,8-9,17,36H2,1-3H3. The highest BCUT2D eigenvalue weighted by molar-refractivity contribution is 6.32. The molecule has 0 aromatic heterocycles. The third-order valence-electron chi connectivity index (χ3n) is 7.58. The number of rotatable bonds is 5. The number of Topliss-reactive ketones (excluding diaryl/α,β-unsaturated/α-hetero) is 1. The number of nitrogens with two attached hydrogens (primary N) is 1. The Kier molecular flexibility index (Phi) is 7.44. The summed E-state index contributed by atoms with van der Waals surface area (Å²) in [5, 5.41) is 11.6. The highest BCUT2D eigenvalue weighted by atomic mass is 35.5. The molecule has 2 aliphatic rings. The molecule has 1 heterocycles. The van der Waals surface area contributed by atoms with Crippen LogP contribution in [0.5, 0.6) is 5.75 Å². The van der Waals surface area contributed by atoms with Crippen LogP contribution in [0.1, 0.15) is 53.0 Å². The fraction of sp³-hybridized carbons (Fsp3) is 0.250. The molecule has 0 amide bonds. The fourth-order valence-electron chi connectivity index (χ4n) is 5.51. The molecule has 0 fully saturated rings. The highest BCUT2D eigenvalue weighted by Gasteiger charge is 2.41. The van der Waals surface area contributed by atoms with Crippen molar-refractivity contribution < 1.29 is 9.53 Å². The van der Waals surface area contributed by atoms with E-state index in [-0.39, 0.29) is 5.78 Å². The van der Waals surface area contributed by atoms with Crippen molar-refractivity contribution in [1.82, 2.24) is 0 Å². The zero-order valence-electron chi connectivity index (χ0n) is 22.1. The normalized spacial score (nSPS) is 17.3. The molecule has 2 N–H and O–H groups in total. The van der Waals surface area contributed by atoms with Crippen LogP contribution < -0.4 is 15.4 Å². The van der Waals surface area contributed by atoms with Crippen molar-refractivity contribution in [2.75, 3.05) is 4.90 Å². The summed E-state index contributed by atoms with van der Waals surface area (Å²) >= 11 is 12.8. The number of anilines is 1. The van der Waals surface area contributed by atoms with Gasteiger partial charge in [0.05, 0.1) is 22.6 Å². The molecule has 3 aromatic rings. The minimum absolute atomic E-state index is 0.0403. The van der Waals surface area contributed by atoms with Crippen LogP contribution in [-0.4, -0.2) is 5.78 Å². The minimum Gasteiger partial charge on any atom is -0.487 e. The number of carbonyl (C=O) groups excluding carboxylic acids is 1. The molecule has 1 unspecified atom stereocenters. The quantitative estimate of drug-likeness (QED) is 0.346. The molecule has 0 saturated heterocycles. The van der Waals surface area contributed by atoms with Crippen LogP contribution in [0, 0.1) is 32.1 Å². The van der Waals surface area contributed by atoms with E-state index in [9.17, 15) is 10.1 Å². The molecule has 1 aliphatic carbocycles. The lowest BCUT2D eigenvalue weighted by atomic mass is 9.74. The summed E-state index contributed by atoms with van der Waals surface area (Å²) in [5.41, 5.74) is 14.1. The Morgan fingerprint density at radius 1 is 1.00 bits per heavy atom. The van der Waals surface area contributed by atoms with E-state index < -0.39 is 5.92 Å². The monoisotopic (exact) mass is 557 g/mol. The lowest BCUT2D eigenvalue weighted by Crippen LogP contribution is -2.39.